The summed E-state index contributed by atoms with van der Waals surface area (Å²) in [6.45, 7) is 2.31. The Hall–Kier alpha value is -1.74. The second-order valence-corrected chi connectivity index (χ2v) is 8.42. The van der Waals surface area contributed by atoms with Gasteiger partial charge in [-0.05, 0) is 22.5 Å². The predicted molar refractivity (Wildman–Crippen MR) is 94.4 cm³/mol. The van der Waals surface area contributed by atoms with Crippen LogP contribution in [0.2, 0.25) is 0 Å². The largest absolute Gasteiger partial charge is 0.610 e. The quantitative estimate of drug-likeness (QED) is 0.664. The first-order valence-corrected chi connectivity index (χ1v) is 9.89. The van der Waals surface area contributed by atoms with Gasteiger partial charge in [-0.2, -0.15) is 4.98 Å². The Balaban J connectivity index is 1.68. The highest BCUT2D eigenvalue weighted by atomic mass is 32.2. The van der Waals surface area contributed by atoms with E-state index in [9.17, 15) is 9.35 Å². The van der Waals surface area contributed by atoms with E-state index in [0.717, 1.165) is 13.1 Å². The van der Waals surface area contributed by atoms with E-state index < -0.39 is 11.2 Å². The zero-order valence-corrected chi connectivity index (χ0v) is 15.0. The van der Waals surface area contributed by atoms with Crippen LogP contribution < -0.4 is 5.56 Å². The number of hydrogen-bond acceptors (Lipinski definition) is 6. The molecule has 0 aliphatic carbocycles. The van der Waals surface area contributed by atoms with Gasteiger partial charge in [0.05, 0.1) is 6.54 Å². The molecular formula is C16H16N4O2S2. The minimum absolute atomic E-state index is 0.181. The van der Waals surface area contributed by atoms with Crippen LogP contribution in [0, 0.1) is 0 Å². The van der Waals surface area contributed by atoms with Gasteiger partial charge in [-0.25, -0.2) is 4.98 Å². The number of fused-ring (bicyclic) bond motifs is 2. The van der Waals surface area contributed by atoms with Gasteiger partial charge in [0, 0.05) is 31.3 Å². The molecule has 1 aromatic carbocycles. The summed E-state index contributed by atoms with van der Waals surface area (Å²) in [5.74, 6) is 0.706. The SMILES string of the molecule is Cn1c(CN2Cc3ccccc3C2)nc2sc([S+](C)[O-])nc2c1=O. The number of rotatable bonds is 3. The second-order valence-electron chi connectivity index (χ2n) is 5.89. The molecule has 6 nitrogen and oxygen atoms in total. The Kier molecular flexibility index (Phi) is 3.92. The minimum atomic E-state index is -1.21. The van der Waals surface area contributed by atoms with Crippen LogP contribution >= 0.6 is 11.3 Å². The lowest BCUT2D eigenvalue weighted by molar-refractivity contribution is 0.264. The molecule has 1 unspecified atom stereocenters. The van der Waals surface area contributed by atoms with Crippen molar-refractivity contribution < 1.29 is 4.55 Å². The molecule has 3 aromatic rings. The first-order chi connectivity index (χ1) is 11.5. The molecule has 0 N–H and O–H groups in total. The Morgan fingerprint density at radius 3 is 2.54 bits per heavy atom. The van der Waals surface area contributed by atoms with Gasteiger partial charge < -0.3 is 4.55 Å². The maximum atomic E-state index is 12.5. The van der Waals surface area contributed by atoms with Gasteiger partial charge in [-0.3, -0.25) is 14.3 Å². The molecule has 0 saturated heterocycles. The Labute approximate surface area is 146 Å². The van der Waals surface area contributed by atoms with Crippen molar-refractivity contribution in [1.29, 1.82) is 0 Å². The highest BCUT2D eigenvalue weighted by Gasteiger charge is 2.22. The molecule has 8 heteroatoms. The summed E-state index contributed by atoms with van der Waals surface area (Å²) in [6, 6.07) is 8.37. The number of thiazole rings is 1. The molecular weight excluding hydrogens is 344 g/mol. The molecule has 2 aromatic heterocycles. The van der Waals surface area contributed by atoms with Gasteiger partial charge in [0.15, 0.2) is 10.3 Å². The topological polar surface area (TPSA) is 74.1 Å². The molecule has 3 heterocycles. The zero-order valence-electron chi connectivity index (χ0n) is 13.4. The second kappa shape index (κ2) is 5.96. The van der Waals surface area contributed by atoms with Crippen LogP contribution in [0.1, 0.15) is 17.0 Å². The standard InChI is InChI=1S/C16H16N4O2S2/c1-19-12(9-20-7-10-5-3-4-6-11(10)8-20)17-14-13(15(19)21)18-16(23-14)24(2)22/h3-6H,7-9H2,1-2H3. The fourth-order valence-corrected chi connectivity index (χ4v) is 4.57. The van der Waals surface area contributed by atoms with Crippen LogP contribution in [0.25, 0.3) is 10.3 Å². The first-order valence-electron chi connectivity index (χ1n) is 7.52. The third kappa shape index (κ3) is 2.65. The van der Waals surface area contributed by atoms with Gasteiger partial charge in [-0.1, -0.05) is 24.3 Å². The van der Waals surface area contributed by atoms with Gasteiger partial charge in [-0.15, -0.1) is 0 Å². The molecule has 24 heavy (non-hydrogen) atoms. The maximum Gasteiger partial charge on any atom is 0.304 e. The van der Waals surface area contributed by atoms with Gasteiger partial charge in [0.2, 0.25) is 0 Å². The summed E-state index contributed by atoms with van der Waals surface area (Å²) in [7, 11) is 1.72. The van der Waals surface area contributed by atoms with Crippen molar-refractivity contribution in [3.63, 3.8) is 0 Å². The highest BCUT2D eigenvalue weighted by molar-refractivity contribution is 7.92. The minimum Gasteiger partial charge on any atom is -0.610 e. The lowest BCUT2D eigenvalue weighted by atomic mass is 10.1. The zero-order chi connectivity index (χ0) is 16.8. The van der Waals surface area contributed by atoms with Crippen LogP contribution in [-0.4, -0.2) is 30.2 Å². The van der Waals surface area contributed by atoms with E-state index in [1.165, 1.54) is 22.5 Å². The molecule has 0 amide bonds. The fourth-order valence-electron chi connectivity index (χ4n) is 2.96. The van der Waals surface area contributed by atoms with Gasteiger partial charge >= 0.3 is 4.34 Å². The van der Waals surface area contributed by atoms with Crippen molar-refractivity contribution in [2.24, 2.45) is 7.05 Å². The van der Waals surface area contributed by atoms with Crippen LogP contribution in [0.3, 0.4) is 0 Å². The summed E-state index contributed by atoms with van der Waals surface area (Å²) in [5.41, 5.74) is 2.77. The lowest BCUT2D eigenvalue weighted by Crippen LogP contribution is -2.27. The molecule has 1 aliphatic heterocycles. The summed E-state index contributed by atoms with van der Waals surface area (Å²) in [4.78, 5) is 24.1. The van der Waals surface area contributed by atoms with Crippen LogP contribution in [0.4, 0.5) is 0 Å². The maximum absolute atomic E-state index is 12.5. The summed E-state index contributed by atoms with van der Waals surface area (Å²) in [5, 5.41) is 0. The van der Waals surface area contributed by atoms with Gasteiger partial charge in [0.25, 0.3) is 5.56 Å². The Morgan fingerprint density at radius 2 is 1.92 bits per heavy atom. The fraction of sp³-hybridized carbons (Fsp3) is 0.312. The number of aromatic nitrogens is 3. The molecule has 1 atom stereocenters. The van der Waals surface area contributed by atoms with E-state index in [0.29, 0.717) is 27.1 Å². The molecule has 0 saturated carbocycles. The highest BCUT2D eigenvalue weighted by Crippen LogP contribution is 2.25. The molecule has 0 radical (unpaired) electrons. The summed E-state index contributed by atoms with van der Waals surface area (Å²) >= 11 is 0.0282. The van der Waals surface area contributed by atoms with Crippen molar-refractivity contribution in [2.45, 2.75) is 24.0 Å². The van der Waals surface area contributed by atoms with Crippen LogP contribution in [0.5, 0.6) is 0 Å². The van der Waals surface area contributed by atoms with E-state index in [4.69, 9.17) is 0 Å². The average Bonchev–Trinajstić information content (AvgIpc) is 3.15. The third-order valence-electron chi connectivity index (χ3n) is 4.23. The third-order valence-corrected chi connectivity index (χ3v) is 6.51. The number of benzene rings is 1. The number of hydrogen-bond donors (Lipinski definition) is 0. The van der Waals surface area contributed by atoms with Crippen molar-refractivity contribution >= 4 is 32.9 Å². The summed E-state index contributed by atoms with van der Waals surface area (Å²) < 4.78 is 13.6. The van der Waals surface area contributed by atoms with Crippen LogP contribution in [-0.2, 0) is 37.9 Å². The molecule has 0 bridgehead atoms. The van der Waals surface area contributed by atoms with Crippen molar-refractivity contribution in [2.75, 3.05) is 6.26 Å². The Bertz CT molecular complexity index is 955. The van der Waals surface area contributed by atoms with E-state index in [1.807, 2.05) is 12.1 Å². The molecule has 1 aliphatic rings. The Morgan fingerprint density at radius 1 is 1.25 bits per heavy atom. The van der Waals surface area contributed by atoms with Crippen molar-refractivity contribution in [1.82, 2.24) is 19.4 Å². The predicted octanol–water partition coefficient (Wildman–Crippen LogP) is 1.64. The smallest absolute Gasteiger partial charge is 0.304 e. The summed E-state index contributed by atoms with van der Waals surface area (Å²) in [6.07, 6.45) is 1.56. The molecule has 0 spiro atoms. The van der Waals surface area contributed by atoms with Crippen molar-refractivity contribution in [3.8, 4) is 0 Å². The normalized spacial score (nSPS) is 15.8. The number of nitrogens with zero attached hydrogens (tertiary/aromatic N) is 4. The molecule has 4 rings (SSSR count). The monoisotopic (exact) mass is 360 g/mol. The van der Waals surface area contributed by atoms with E-state index in [-0.39, 0.29) is 5.56 Å². The molecule has 0 fully saturated rings. The van der Waals surface area contributed by atoms with E-state index >= 15 is 0 Å². The molecule has 124 valence electrons. The van der Waals surface area contributed by atoms with Crippen molar-refractivity contribution in [3.05, 3.63) is 51.6 Å². The van der Waals surface area contributed by atoms with Crippen LogP contribution in [0.15, 0.2) is 33.4 Å². The van der Waals surface area contributed by atoms with Gasteiger partial charge in [0.1, 0.15) is 12.1 Å². The van der Waals surface area contributed by atoms with E-state index in [1.54, 1.807) is 17.9 Å². The lowest BCUT2D eigenvalue weighted by Gasteiger charge is -2.16. The average molecular weight is 360 g/mol. The van der Waals surface area contributed by atoms with E-state index in [2.05, 4.69) is 27.0 Å². The first kappa shape index (κ1) is 15.8.